The lowest BCUT2D eigenvalue weighted by Crippen LogP contribution is -2.03. The fourth-order valence-electron chi connectivity index (χ4n) is 4.67. The van der Waals surface area contributed by atoms with Gasteiger partial charge < -0.3 is 4.74 Å². The predicted molar refractivity (Wildman–Crippen MR) is 131 cm³/mol. The number of ether oxygens (including phenoxy) is 1. The summed E-state index contributed by atoms with van der Waals surface area (Å²) < 4.78 is 17.9. The van der Waals surface area contributed by atoms with E-state index < -0.39 is 5.97 Å². The van der Waals surface area contributed by atoms with Crippen molar-refractivity contribution in [2.45, 2.75) is 25.7 Å². The molecule has 1 aliphatic carbocycles. The topological polar surface area (TPSA) is 39.2 Å². The summed E-state index contributed by atoms with van der Waals surface area (Å²) in [7, 11) is 1.35. The average molecular weight is 438 g/mol. The van der Waals surface area contributed by atoms with Gasteiger partial charge in [-0.25, -0.2) is 14.2 Å². The van der Waals surface area contributed by atoms with E-state index in [0.717, 1.165) is 21.5 Å². The first-order valence-corrected chi connectivity index (χ1v) is 11.2. The van der Waals surface area contributed by atoms with Crippen molar-refractivity contribution in [1.82, 2.24) is 4.98 Å². The Labute approximate surface area is 191 Å². The van der Waals surface area contributed by atoms with Gasteiger partial charge in [0.05, 0.1) is 7.11 Å². The smallest absolute Gasteiger partial charge is 0.356 e. The van der Waals surface area contributed by atoms with Gasteiger partial charge in [-0.05, 0) is 81.9 Å². The molecule has 0 aliphatic heterocycles. The van der Waals surface area contributed by atoms with Crippen LogP contribution in [0, 0.1) is 5.82 Å². The van der Waals surface area contributed by atoms with Gasteiger partial charge in [-0.3, -0.25) is 0 Å². The van der Waals surface area contributed by atoms with Crippen LogP contribution in [0.3, 0.4) is 0 Å². The first-order chi connectivity index (χ1) is 16.1. The van der Waals surface area contributed by atoms with Crippen LogP contribution >= 0.6 is 0 Å². The maximum Gasteiger partial charge on any atom is 0.356 e. The molecule has 6 rings (SSSR count). The van der Waals surface area contributed by atoms with Crippen LogP contribution < -0.4 is 0 Å². The molecule has 0 bridgehead atoms. The Morgan fingerprint density at radius 1 is 0.818 bits per heavy atom. The molecule has 5 aromatic rings. The van der Waals surface area contributed by atoms with Crippen LogP contribution in [0.15, 0.2) is 79.0 Å². The van der Waals surface area contributed by atoms with Crippen molar-refractivity contribution in [3.8, 4) is 0 Å². The Morgan fingerprint density at radius 3 is 2.42 bits per heavy atom. The molecule has 3 nitrogen and oxygen atoms in total. The molecule has 0 saturated carbocycles. The van der Waals surface area contributed by atoms with Crippen molar-refractivity contribution < 1.29 is 13.9 Å². The molecular weight excluding hydrogens is 413 g/mol. The summed E-state index contributed by atoms with van der Waals surface area (Å²) in [6.45, 7) is 0. The monoisotopic (exact) mass is 437 g/mol. The molecule has 0 fully saturated rings. The summed E-state index contributed by atoms with van der Waals surface area (Å²) in [4.78, 5) is 15.2. The molecule has 4 aromatic carbocycles. The van der Waals surface area contributed by atoms with Gasteiger partial charge in [-0.15, -0.1) is 0 Å². The predicted octanol–water partition coefficient (Wildman–Crippen LogP) is 7.03. The number of carbonyl (C=O) groups excluding carboxylic acids is 1. The van der Waals surface area contributed by atoms with E-state index in [1.165, 1.54) is 54.7 Å². The lowest BCUT2D eigenvalue weighted by atomic mass is 9.86. The van der Waals surface area contributed by atoms with Crippen LogP contribution in [0.2, 0.25) is 0 Å². The number of methoxy groups -OCH3 is 1. The van der Waals surface area contributed by atoms with Crippen LogP contribution in [0.1, 0.15) is 34.5 Å². The van der Waals surface area contributed by atoms with E-state index in [1.807, 2.05) is 30.3 Å². The van der Waals surface area contributed by atoms with Crippen molar-refractivity contribution in [3.05, 3.63) is 102 Å². The average Bonchev–Trinajstić information content (AvgIpc) is 2.87. The Kier molecular flexibility index (Phi) is 5.74. The maximum absolute atomic E-state index is 13.3. The number of halogens is 1. The van der Waals surface area contributed by atoms with Crippen LogP contribution in [-0.4, -0.2) is 18.1 Å². The third-order valence-corrected chi connectivity index (χ3v) is 6.34. The van der Waals surface area contributed by atoms with Gasteiger partial charge in [-0.1, -0.05) is 54.6 Å². The van der Waals surface area contributed by atoms with E-state index in [1.54, 1.807) is 24.4 Å². The van der Waals surface area contributed by atoms with Crippen LogP contribution in [0.5, 0.6) is 0 Å². The Hall–Kier alpha value is -3.79. The number of aryl methyl sites for hydroxylation is 2. The number of pyridine rings is 1. The molecule has 164 valence electrons. The van der Waals surface area contributed by atoms with Gasteiger partial charge in [0.15, 0.2) is 0 Å². The minimum absolute atomic E-state index is 0.162. The number of aromatic nitrogens is 1. The van der Waals surface area contributed by atoms with E-state index in [4.69, 9.17) is 0 Å². The van der Waals surface area contributed by atoms with Crippen LogP contribution in [0.4, 0.5) is 4.39 Å². The molecule has 1 aromatic heterocycles. The number of hydrogen-bond acceptors (Lipinski definition) is 3. The number of benzene rings is 4. The highest BCUT2D eigenvalue weighted by Gasteiger charge is 2.13. The number of carbonyl (C=O) groups is 1. The Morgan fingerprint density at radius 2 is 1.58 bits per heavy atom. The van der Waals surface area contributed by atoms with Gasteiger partial charge in [0.1, 0.15) is 11.5 Å². The zero-order valence-electron chi connectivity index (χ0n) is 18.5. The lowest BCUT2D eigenvalue weighted by molar-refractivity contribution is 0.0594. The highest BCUT2D eigenvalue weighted by molar-refractivity contribution is 6.08. The maximum atomic E-state index is 13.3. The minimum Gasteiger partial charge on any atom is -0.464 e. The van der Waals surface area contributed by atoms with Crippen molar-refractivity contribution in [1.29, 1.82) is 0 Å². The molecule has 0 unspecified atom stereocenters. The molecule has 0 saturated heterocycles. The van der Waals surface area contributed by atoms with E-state index in [9.17, 15) is 9.18 Å². The Bertz CT molecular complexity index is 1490. The van der Waals surface area contributed by atoms with E-state index in [2.05, 4.69) is 34.0 Å². The van der Waals surface area contributed by atoms with Crippen molar-refractivity contribution in [3.63, 3.8) is 0 Å². The van der Waals surface area contributed by atoms with E-state index in [0.29, 0.717) is 5.69 Å². The lowest BCUT2D eigenvalue weighted by Gasteiger charge is -2.18. The second-order valence-electron chi connectivity index (χ2n) is 8.34. The van der Waals surface area contributed by atoms with Gasteiger partial charge in [-0.2, -0.15) is 0 Å². The molecule has 0 amide bonds. The summed E-state index contributed by atoms with van der Waals surface area (Å²) in [5, 5.41) is 6.77. The minimum atomic E-state index is -0.407. The molecule has 1 aliphatic rings. The first-order valence-electron chi connectivity index (χ1n) is 11.2. The number of hydrogen-bond donors (Lipinski definition) is 0. The summed E-state index contributed by atoms with van der Waals surface area (Å²) in [6, 6.07) is 23.2. The standard InChI is InChI=1S/C18H15F.C11H9NO2/c19-14-7-10-16-13(11-14)6-9-17-15-4-2-1-3-12(15)5-8-18(16)17;1-14-11(13)10-6-8-4-2-3-5-9(8)7-12-10/h5-11H,1-4H2;2-7H,1H3. The molecule has 0 radical (unpaired) electrons. The van der Waals surface area contributed by atoms with E-state index >= 15 is 0 Å². The number of rotatable bonds is 1. The second kappa shape index (κ2) is 8.99. The summed E-state index contributed by atoms with van der Waals surface area (Å²) in [5.41, 5.74) is 3.35. The third kappa shape index (κ3) is 4.17. The highest BCUT2D eigenvalue weighted by atomic mass is 19.1. The third-order valence-electron chi connectivity index (χ3n) is 6.34. The molecular formula is C29H24FNO2. The molecule has 4 heteroatoms. The number of fused-ring (bicyclic) bond motifs is 6. The fraction of sp³-hybridized carbons (Fsp3) is 0.172. The molecule has 1 heterocycles. The highest BCUT2D eigenvalue weighted by Crippen LogP contribution is 2.33. The quantitative estimate of drug-likeness (QED) is 0.209. The normalized spacial score (nSPS) is 12.8. The number of esters is 1. The zero-order valence-corrected chi connectivity index (χ0v) is 18.5. The second-order valence-corrected chi connectivity index (χ2v) is 8.34. The SMILES string of the molecule is COC(=O)c1cc2ccccc2cn1.Fc1ccc2c(ccc3c4c(ccc32)CCCC4)c1. The largest absolute Gasteiger partial charge is 0.464 e. The molecule has 0 spiro atoms. The van der Waals surface area contributed by atoms with Crippen LogP contribution in [-0.2, 0) is 17.6 Å². The Balaban J connectivity index is 0.000000146. The molecule has 33 heavy (non-hydrogen) atoms. The number of nitrogens with zero attached hydrogens (tertiary/aromatic N) is 1. The van der Waals surface area contributed by atoms with Crippen molar-refractivity contribution in [2.24, 2.45) is 0 Å². The first kappa shape index (κ1) is 21.1. The van der Waals surface area contributed by atoms with Crippen molar-refractivity contribution >= 4 is 38.3 Å². The van der Waals surface area contributed by atoms with Gasteiger partial charge in [0.2, 0.25) is 0 Å². The molecule has 0 N–H and O–H groups in total. The summed E-state index contributed by atoms with van der Waals surface area (Å²) in [6.07, 6.45) is 6.64. The summed E-state index contributed by atoms with van der Waals surface area (Å²) in [5.74, 6) is -0.569. The van der Waals surface area contributed by atoms with Gasteiger partial charge in [0, 0.05) is 11.6 Å². The van der Waals surface area contributed by atoms with E-state index in [-0.39, 0.29) is 5.82 Å². The van der Waals surface area contributed by atoms with Crippen molar-refractivity contribution in [2.75, 3.05) is 7.11 Å². The van der Waals surface area contributed by atoms with Gasteiger partial charge in [0.25, 0.3) is 0 Å². The van der Waals surface area contributed by atoms with Gasteiger partial charge >= 0.3 is 5.97 Å². The zero-order chi connectivity index (χ0) is 22.8. The van der Waals surface area contributed by atoms with Crippen LogP contribution in [0.25, 0.3) is 32.3 Å². The fourth-order valence-corrected chi connectivity index (χ4v) is 4.67. The molecule has 0 atom stereocenters. The summed E-state index contributed by atoms with van der Waals surface area (Å²) >= 11 is 0.